The van der Waals surface area contributed by atoms with E-state index < -0.39 is 0 Å². The van der Waals surface area contributed by atoms with Gasteiger partial charge in [-0.15, -0.1) is 0 Å². The normalized spacial score (nSPS) is 26.9. The zero-order valence-corrected chi connectivity index (χ0v) is 7.68. The Kier molecular flexibility index (Phi) is 1.45. The lowest BCUT2D eigenvalue weighted by Crippen LogP contribution is -2.15. The first-order valence-electron chi connectivity index (χ1n) is 4.76. The SMILES string of the molecule is Nc1ccc2c(c1)[C@H]1C=CC=CC1O2. The number of anilines is 1. The molecule has 1 heterocycles. The minimum absolute atomic E-state index is 0.164. The van der Waals surface area contributed by atoms with Gasteiger partial charge >= 0.3 is 0 Å². The number of fused-ring (bicyclic) bond motifs is 3. The van der Waals surface area contributed by atoms with Crippen molar-refractivity contribution in [1.82, 2.24) is 0 Å². The fourth-order valence-electron chi connectivity index (χ4n) is 2.06. The van der Waals surface area contributed by atoms with Gasteiger partial charge in [-0.25, -0.2) is 0 Å². The Morgan fingerprint density at radius 2 is 2.00 bits per heavy atom. The van der Waals surface area contributed by atoms with Gasteiger partial charge in [0.05, 0.1) is 0 Å². The molecule has 1 aliphatic heterocycles. The monoisotopic (exact) mass is 185 g/mol. The van der Waals surface area contributed by atoms with Crippen molar-refractivity contribution in [2.24, 2.45) is 0 Å². The van der Waals surface area contributed by atoms with E-state index in [1.54, 1.807) is 0 Å². The number of ether oxygens (including phenoxy) is 1. The number of nitrogen functional groups attached to an aromatic ring is 1. The molecule has 70 valence electrons. The van der Waals surface area contributed by atoms with Crippen molar-refractivity contribution >= 4 is 5.69 Å². The largest absolute Gasteiger partial charge is 0.485 e. The van der Waals surface area contributed by atoms with Crippen LogP contribution in [0.3, 0.4) is 0 Å². The molecule has 0 amide bonds. The number of rotatable bonds is 0. The molecule has 1 aliphatic carbocycles. The van der Waals surface area contributed by atoms with Crippen molar-refractivity contribution < 1.29 is 4.74 Å². The van der Waals surface area contributed by atoms with Crippen LogP contribution in [0.25, 0.3) is 0 Å². The van der Waals surface area contributed by atoms with E-state index >= 15 is 0 Å². The second-order valence-electron chi connectivity index (χ2n) is 3.68. The van der Waals surface area contributed by atoms with Crippen LogP contribution in [-0.2, 0) is 0 Å². The zero-order valence-electron chi connectivity index (χ0n) is 7.68. The van der Waals surface area contributed by atoms with E-state index in [2.05, 4.69) is 18.2 Å². The second-order valence-corrected chi connectivity index (χ2v) is 3.68. The molecule has 0 aromatic heterocycles. The van der Waals surface area contributed by atoms with E-state index in [9.17, 15) is 0 Å². The molecule has 0 fully saturated rings. The summed E-state index contributed by atoms with van der Waals surface area (Å²) in [6, 6.07) is 5.83. The van der Waals surface area contributed by atoms with Gasteiger partial charge in [-0.1, -0.05) is 18.2 Å². The van der Waals surface area contributed by atoms with Crippen molar-refractivity contribution in [1.29, 1.82) is 0 Å². The predicted molar refractivity (Wildman–Crippen MR) is 56.3 cm³/mol. The van der Waals surface area contributed by atoms with Crippen molar-refractivity contribution in [2.75, 3.05) is 5.73 Å². The minimum atomic E-state index is 0.164. The molecule has 2 atom stereocenters. The van der Waals surface area contributed by atoms with Crippen LogP contribution in [0.15, 0.2) is 42.5 Å². The smallest absolute Gasteiger partial charge is 0.128 e. The van der Waals surface area contributed by atoms with Gasteiger partial charge in [0, 0.05) is 17.2 Å². The highest BCUT2D eigenvalue weighted by Crippen LogP contribution is 2.41. The Labute approximate surface area is 82.7 Å². The molecule has 1 aromatic rings. The average molecular weight is 185 g/mol. The lowest BCUT2D eigenvalue weighted by atomic mass is 9.92. The van der Waals surface area contributed by atoms with Gasteiger partial charge in [0.25, 0.3) is 0 Å². The molecule has 2 aliphatic rings. The van der Waals surface area contributed by atoms with Crippen LogP contribution < -0.4 is 10.5 Å². The lowest BCUT2D eigenvalue weighted by molar-refractivity contribution is 0.269. The van der Waals surface area contributed by atoms with Crippen molar-refractivity contribution in [3.05, 3.63) is 48.1 Å². The highest BCUT2D eigenvalue weighted by molar-refractivity contribution is 5.54. The molecule has 1 unspecified atom stereocenters. The summed E-state index contributed by atoms with van der Waals surface area (Å²) in [5, 5.41) is 0. The maximum absolute atomic E-state index is 5.77. The Bertz CT molecular complexity index is 434. The third-order valence-corrected chi connectivity index (χ3v) is 2.74. The van der Waals surface area contributed by atoms with Crippen LogP contribution >= 0.6 is 0 Å². The first-order valence-corrected chi connectivity index (χ1v) is 4.76. The summed E-state index contributed by atoms with van der Waals surface area (Å²) in [6.45, 7) is 0. The summed E-state index contributed by atoms with van der Waals surface area (Å²) in [5.41, 5.74) is 7.76. The number of benzene rings is 1. The minimum Gasteiger partial charge on any atom is -0.485 e. The van der Waals surface area contributed by atoms with Crippen molar-refractivity contribution in [2.45, 2.75) is 12.0 Å². The van der Waals surface area contributed by atoms with Crippen molar-refractivity contribution in [3.8, 4) is 5.75 Å². The van der Waals surface area contributed by atoms with E-state index in [1.165, 1.54) is 5.56 Å². The molecule has 0 bridgehead atoms. The molecule has 2 heteroatoms. The summed E-state index contributed by atoms with van der Waals surface area (Å²) in [4.78, 5) is 0. The van der Waals surface area contributed by atoms with E-state index in [0.717, 1.165) is 11.4 Å². The highest BCUT2D eigenvalue weighted by Gasteiger charge is 2.31. The molecular weight excluding hydrogens is 174 g/mol. The van der Waals surface area contributed by atoms with Gasteiger partial charge in [-0.2, -0.15) is 0 Å². The first-order chi connectivity index (χ1) is 6.84. The van der Waals surface area contributed by atoms with E-state index in [4.69, 9.17) is 10.5 Å². The van der Waals surface area contributed by atoms with Crippen LogP contribution in [0.2, 0.25) is 0 Å². The maximum Gasteiger partial charge on any atom is 0.128 e. The molecule has 1 aromatic carbocycles. The van der Waals surface area contributed by atoms with Gasteiger partial charge in [0.2, 0.25) is 0 Å². The maximum atomic E-state index is 5.77. The number of allylic oxidation sites excluding steroid dienone is 2. The zero-order chi connectivity index (χ0) is 9.54. The van der Waals surface area contributed by atoms with Crippen LogP contribution in [0.1, 0.15) is 11.5 Å². The quantitative estimate of drug-likeness (QED) is 0.629. The molecule has 0 saturated heterocycles. The van der Waals surface area contributed by atoms with Crippen molar-refractivity contribution in [3.63, 3.8) is 0 Å². The summed E-state index contributed by atoms with van der Waals surface area (Å²) in [7, 11) is 0. The molecule has 0 spiro atoms. The van der Waals surface area contributed by atoms with Gasteiger partial charge in [0.15, 0.2) is 0 Å². The summed E-state index contributed by atoms with van der Waals surface area (Å²) < 4.78 is 5.77. The molecule has 3 rings (SSSR count). The number of hydrogen-bond acceptors (Lipinski definition) is 2. The summed E-state index contributed by atoms with van der Waals surface area (Å²) in [6.07, 6.45) is 8.49. The summed E-state index contributed by atoms with van der Waals surface area (Å²) in [5.74, 6) is 1.31. The molecule has 0 saturated carbocycles. The Morgan fingerprint density at radius 1 is 1.14 bits per heavy atom. The molecule has 0 radical (unpaired) electrons. The third kappa shape index (κ3) is 0.970. The molecule has 14 heavy (non-hydrogen) atoms. The Morgan fingerprint density at radius 3 is 2.93 bits per heavy atom. The second kappa shape index (κ2) is 2.64. The first kappa shape index (κ1) is 7.68. The lowest BCUT2D eigenvalue weighted by Gasteiger charge is -2.13. The molecule has 2 nitrogen and oxygen atoms in total. The van der Waals surface area contributed by atoms with Gasteiger partial charge in [0.1, 0.15) is 11.9 Å². The van der Waals surface area contributed by atoms with Gasteiger partial charge < -0.3 is 10.5 Å². The number of nitrogens with two attached hydrogens (primary N) is 1. The Balaban J connectivity index is 2.12. The average Bonchev–Trinajstić information content (AvgIpc) is 2.56. The fraction of sp³-hybridized carbons (Fsp3) is 0.167. The van der Waals surface area contributed by atoms with Gasteiger partial charge in [-0.05, 0) is 24.3 Å². The van der Waals surface area contributed by atoms with Crippen LogP contribution in [0, 0.1) is 0 Å². The fourth-order valence-corrected chi connectivity index (χ4v) is 2.06. The topological polar surface area (TPSA) is 35.2 Å². The van der Waals surface area contributed by atoms with E-state index in [-0.39, 0.29) is 6.10 Å². The molecule has 2 N–H and O–H groups in total. The van der Waals surface area contributed by atoms with Crippen LogP contribution in [-0.4, -0.2) is 6.10 Å². The van der Waals surface area contributed by atoms with Crippen LogP contribution in [0.5, 0.6) is 5.75 Å². The summed E-state index contributed by atoms with van der Waals surface area (Å²) >= 11 is 0. The van der Waals surface area contributed by atoms with E-state index in [1.807, 2.05) is 24.3 Å². The van der Waals surface area contributed by atoms with E-state index in [0.29, 0.717) is 5.92 Å². The molecular formula is C12H11NO. The number of hydrogen-bond donors (Lipinski definition) is 1. The Hall–Kier alpha value is -1.70. The standard InChI is InChI=1S/C12H11NO/c13-8-5-6-12-10(7-8)9-3-1-2-4-11(9)14-12/h1-7,9,11H,13H2/t9-,11?/m1/s1. The predicted octanol–water partition coefficient (Wildman–Crippen LogP) is 2.24. The third-order valence-electron chi connectivity index (χ3n) is 2.74. The van der Waals surface area contributed by atoms with Crippen LogP contribution in [0.4, 0.5) is 5.69 Å². The highest BCUT2D eigenvalue weighted by atomic mass is 16.5. The van der Waals surface area contributed by atoms with Gasteiger partial charge in [-0.3, -0.25) is 0 Å².